The largest absolute Gasteiger partial charge is 0.483 e. The van der Waals surface area contributed by atoms with Gasteiger partial charge in [0, 0.05) is 32.7 Å². The minimum atomic E-state index is -2.64. The van der Waals surface area contributed by atoms with Gasteiger partial charge in [-0.15, -0.1) is 17.8 Å². The van der Waals surface area contributed by atoms with Crippen molar-refractivity contribution in [3.05, 3.63) is 51.8 Å². The van der Waals surface area contributed by atoms with Crippen molar-refractivity contribution in [2.45, 2.75) is 13.0 Å². The monoisotopic (exact) mass is 433 g/mol. The maximum atomic E-state index is 12.7. The van der Waals surface area contributed by atoms with Crippen molar-refractivity contribution in [3.63, 3.8) is 0 Å². The summed E-state index contributed by atoms with van der Waals surface area (Å²) in [7, 11) is 0. The molecule has 1 aromatic heterocycles. The van der Waals surface area contributed by atoms with Crippen molar-refractivity contribution in [1.29, 1.82) is 0 Å². The molecule has 0 atom stereocenters. The molecule has 23 heavy (non-hydrogen) atoms. The Morgan fingerprint density at radius 3 is 2.74 bits per heavy atom. The minimum absolute atomic E-state index is 0. The van der Waals surface area contributed by atoms with E-state index in [1.165, 1.54) is 23.9 Å². The molecule has 0 amide bonds. The second-order valence-electron chi connectivity index (χ2n) is 4.36. The fourth-order valence-corrected chi connectivity index (χ4v) is 2.43. The fourth-order valence-electron chi connectivity index (χ4n) is 1.92. The van der Waals surface area contributed by atoms with E-state index in [1.807, 2.05) is 6.26 Å². The molecule has 2 rings (SSSR count). The molecule has 8 heteroatoms. The van der Waals surface area contributed by atoms with Gasteiger partial charge in [-0.3, -0.25) is 4.79 Å². The molecule has 3 nitrogen and oxygen atoms in total. The van der Waals surface area contributed by atoms with Crippen LogP contribution >= 0.6 is 23.4 Å². The van der Waals surface area contributed by atoms with E-state index >= 15 is 0 Å². The van der Waals surface area contributed by atoms with Crippen LogP contribution in [0.25, 0.3) is 11.3 Å². The number of ether oxygens (including phenoxy) is 1. The first-order valence-corrected chi connectivity index (χ1v) is 8.11. The van der Waals surface area contributed by atoms with Crippen LogP contribution in [0.4, 0.5) is 8.78 Å². The van der Waals surface area contributed by atoms with Crippen LogP contribution in [-0.2, 0) is 39.3 Å². The fraction of sp³-hybridized carbons (Fsp3) is 0.267. The number of pyridine rings is 1. The van der Waals surface area contributed by atoms with Gasteiger partial charge in [-0.25, -0.2) is 8.78 Å². The summed E-state index contributed by atoms with van der Waals surface area (Å²) >= 11 is 7.71. The summed E-state index contributed by atoms with van der Waals surface area (Å²) in [6, 6.07) is 10.3. The second kappa shape index (κ2) is 9.77. The van der Waals surface area contributed by atoms with E-state index < -0.39 is 18.5 Å². The molecule has 0 saturated heterocycles. The number of nitrogens with zero attached hydrogens (tertiary/aromatic N) is 1. The number of hydrogen-bond donors (Lipinski definition) is 0. The number of benzene rings is 1. The van der Waals surface area contributed by atoms with Gasteiger partial charge in [0.1, 0.15) is 11.7 Å². The molecule has 0 N–H and O–H groups in total. The van der Waals surface area contributed by atoms with Gasteiger partial charge in [-0.2, -0.15) is 12.1 Å². The Labute approximate surface area is 167 Å². The molecule has 1 radical (unpaired) electrons. The first kappa shape index (κ1) is 20.6. The van der Waals surface area contributed by atoms with Crippen molar-refractivity contribution in [1.82, 2.24) is 4.57 Å². The van der Waals surface area contributed by atoms with Crippen LogP contribution in [0.1, 0.15) is 0 Å². The minimum Gasteiger partial charge on any atom is -0.483 e. The average molecular weight is 434 g/mol. The van der Waals surface area contributed by atoms with E-state index in [0.717, 1.165) is 4.57 Å². The van der Waals surface area contributed by atoms with Crippen molar-refractivity contribution >= 4 is 23.4 Å². The zero-order chi connectivity index (χ0) is 16.1. The van der Waals surface area contributed by atoms with E-state index in [9.17, 15) is 13.6 Å². The molecule has 121 valence electrons. The number of rotatable bonds is 6. The summed E-state index contributed by atoms with van der Waals surface area (Å²) in [6.07, 6.45) is -0.743. The van der Waals surface area contributed by atoms with E-state index in [1.54, 1.807) is 18.2 Å². The molecule has 0 aliphatic carbocycles. The van der Waals surface area contributed by atoms with Crippen LogP contribution in [0.3, 0.4) is 0 Å². The summed E-state index contributed by atoms with van der Waals surface area (Å²) in [6.45, 7) is -0.702. The maximum Gasteiger partial charge on any atom is 0.256 e. The summed E-state index contributed by atoms with van der Waals surface area (Å²) in [4.78, 5) is 11.8. The normalized spacial score (nSPS) is 10.5. The van der Waals surface area contributed by atoms with Crippen LogP contribution in [0.15, 0.2) is 35.1 Å². The Morgan fingerprint density at radius 1 is 1.39 bits per heavy atom. The summed E-state index contributed by atoms with van der Waals surface area (Å²) in [5.74, 6) is 1.05. The van der Waals surface area contributed by atoms with Gasteiger partial charge >= 0.3 is 0 Å². The molecule has 0 bridgehead atoms. The molecular formula is C15H13ClF2NO2SY-. The summed E-state index contributed by atoms with van der Waals surface area (Å²) in [5.41, 5.74) is 0.165. The first-order valence-electron chi connectivity index (χ1n) is 6.34. The Balaban J connectivity index is 0.00000264. The van der Waals surface area contributed by atoms with E-state index in [2.05, 4.69) is 6.07 Å². The van der Waals surface area contributed by atoms with Gasteiger partial charge in [0.25, 0.3) is 6.43 Å². The Kier molecular flexibility index (Phi) is 8.76. The summed E-state index contributed by atoms with van der Waals surface area (Å²) in [5, 5.41) is 0.309. The van der Waals surface area contributed by atoms with Crippen LogP contribution in [0.2, 0.25) is 5.02 Å². The average Bonchev–Trinajstić information content (AvgIpc) is 2.47. The number of halogens is 3. The zero-order valence-electron chi connectivity index (χ0n) is 12.3. The van der Waals surface area contributed by atoms with Crippen LogP contribution in [-0.4, -0.2) is 23.2 Å². The van der Waals surface area contributed by atoms with Gasteiger partial charge in [-0.05, 0) is 23.4 Å². The molecule has 1 aromatic carbocycles. The number of hydrogen-bond acceptors (Lipinski definition) is 3. The molecule has 0 saturated carbocycles. The van der Waals surface area contributed by atoms with E-state index in [-0.39, 0.29) is 38.4 Å². The third kappa shape index (κ3) is 5.56. The van der Waals surface area contributed by atoms with Crippen molar-refractivity contribution in [2.75, 3.05) is 12.2 Å². The molecule has 0 spiro atoms. The quantitative estimate of drug-likeness (QED) is 0.511. The second-order valence-corrected chi connectivity index (χ2v) is 5.58. The van der Waals surface area contributed by atoms with Crippen LogP contribution < -0.4 is 10.3 Å². The predicted octanol–water partition coefficient (Wildman–Crippen LogP) is 3.93. The molecule has 0 aliphatic rings. The number of aromatic nitrogens is 1. The Bertz CT molecular complexity index is 712. The standard InChI is InChI=1S/C15H13ClF2NO2S.Y/c1-22-9-21-10-5-6-11(12(16)7-10)13-3-2-4-15(20)19(13)8-14(17)18;/h2,4-7,14H,8-9H2,1H3;/q-1;. The molecule has 2 aromatic rings. The van der Waals surface area contributed by atoms with E-state index in [0.29, 0.717) is 22.3 Å². The molecule has 1 heterocycles. The van der Waals surface area contributed by atoms with Gasteiger partial charge in [0.05, 0.1) is 6.54 Å². The zero-order valence-corrected chi connectivity index (χ0v) is 16.7. The summed E-state index contributed by atoms with van der Waals surface area (Å²) < 4.78 is 31.7. The first-order chi connectivity index (χ1) is 10.5. The van der Waals surface area contributed by atoms with Crippen LogP contribution in [0, 0.1) is 6.07 Å². The molecular weight excluding hydrogens is 421 g/mol. The van der Waals surface area contributed by atoms with Gasteiger partial charge in [-0.1, -0.05) is 28.9 Å². The van der Waals surface area contributed by atoms with Crippen LogP contribution in [0.5, 0.6) is 5.75 Å². The smallest absolute Gasteiger partial charge is 0.256 e. The Morgan fingerprint density at radius 2 is 2.13 bits per heavy atom. The molecule has 0 unspecified atom stereocenters. The molecule has 0 aliphatic heterocycles. The number of alkyl halides is 2. The third-order valence-corrected chi connectivity index (χ3v) is 3.51. The Hall–Kier alpha value is -0.426. The predicted molar refractivity (Wildman–Crippen MR) is 85.0 cm³/mol. The van der Waals surface area contributed by atoms with Gasteiger partial charge < -0.3 is 9.30 Å². The van der Waals surface area contributed by atoms with Gasteiger partial charge in [0.2, 0.25) is 0 Å². The third-order valence-electron chi connectivity index (χ3n) is 2.84. The van der Waals surface area contributed by atoms with Gasteiger partial charge in [0.15, 0.2) is 5.56 Å². The van der Waals surface area contributed by atoms with Crippen molar-refractivity contribution in [3.8, 4) is 17.0 Å². The topological polar surface area (TPSA) is 31.2 Å². The number of thioether (sulfide) groups is 1. The van der Waals surface area contributed by atoms with Crippen molar-refractivity contribution in [2.24, 2.45) is 0 Å². The maximum absolute atomic E-state index is 12.7. The van der Waals surface area contributed by atoms with Crippen molar-refractivity contribution < 1.29 is 46.2 Å². The molecule has 0 fully saturated rings. The van der Waals surface area contributed by atoms with E-state index in [4.69, 9.17) is 16.3 Å². The SMILES string of the molecule is CSCOc1ccc(-c2[c-]ccc(=O)n2CC(F)F)c(Cl)c1.[Y].